The summed E-state index contributed by atoms with van der Waals surface area (Å²) in [5.41, 5.74) is 0.952. The minimum Gasteiger partial charge on any atom is -0.352 e. The highest BCUT2D eigenvalue weighted by atomic mass is 32.2. The SMILES string of the molecule is CNCc1cc(S(=O)(=O)NCCCCCSC)cn1C. The highest BCUT2D eigenvalue weighted by molar-refractivity contribution is 7.98. The zero-order valence-electron chi connectivity index (χ0n) is 12.5. The molecule has 0 saturated heterocycles. The molecule has 0 aromatic carbocycles. The van der Waals surface area contributed by atoms with E-state index in [1.165, 1.54) is 0 Å². The number of thioether (sulfide) groups is 1. The molecule has 20 heavy (non-hydrogen) atoms. The van der Waals surface area contributed by atoms with Crippen molar-refractivity contribution in [1.29, 1.82) is 0 Å². The van der Waals surface area contributed by atoms with E-state index in [1.54, 1.807) is 12.3 Å². The van der Waals surface area contributed by atoms with Crippen LogP contribution >= 0.6 is 11.8 Å². The molecule has 0 unspecified atom stereocenters. The minimum atomic E-state index is -3.38. The van der Waals surface area contributed by atoms with Crippen molar-refractivity contribution in [2.75, 3.05) is 25.6 Å². The van der Waals surface area contributed by atoms with E-state index in [2.05, 4.69) is 16.3 Å². The van der Waals surface area contributed by atoms with E-state index < -0.39 is 10.0 Å². The third-order valence-electron chi connectivity index (χ3n) is 3.07. The Morgan fingerprint density at radius 1 is 1.30 bits per heavy atom. The molecule has 0 bridgehead atoms. The van der Waals surface area contributed by atoms with Crippen LogP contribution in [0.25, 0.3) is 0 Å². The number of hydrogen-bond acceptors (Lipinski definition) is 4. The van der Waals surface area contributed by atoms with E-state index in [-0.39, 0.29) is 0 Å². The molecule has 0 fully saturated rings. The van der Waals surface area contributed by atoms with Gasteiger partial charge in [-0.1, -0.05) is 6.42 Å². The molecule has 0 amide bonds. The second-order valence-corrected chi connectivity index (χ2v) is 7.51. The van der Waals surface area contributed by atoms with Gasteiger partial charge in [0.25, 0.3) is 0 Å². The van der Waals surface area contributed by atoms with Gasteiger partial charge in [-0.15, -0.1) is 0 Å². The quantitative estimate of drug-likeness (QED) is 0.642. The molecule has 0 radical (unpaired) electrons. The van der Waals surface area contributed by atoms with Gasteiger partial charge in [0, 0.05) is 32.0 Å². The molecule has 7 heteroatoms. The first-order chi connectivity index (χ1) is 9.51. The Bertz CT molecular complexity index is 498. The summed E-state index contributed by atoms with van der Waals surface area (Å²) in [5.74, 6) is 1.14. The second-order valence-electron chi connectivity index (χ2n) is 4.76. The van der Waals surface area contributed by atoms with E-state index in [0.717, 1.165) is 30.7 Å². The maximum absolute atomic E-state index is 12.1. The standard InChI is InChI=1S/C13H25N3O2S2/c1-14-10-12-9-13(11-16(12)2)20(17,18)15-7-5-4-6-8-19-3/h9,11,14-15H,4-8,10H2,1-3H3. The summed E-state index contributed by atoms with van der Waals surface area (Å²) in [6.45, 7) is 1.16. The fourth-order valence-electron chi connectivity index (χ4n) is 1.92. The summed E-state index contributed by atoms with van der Waals surface area (Å²) in [6, 6.07) is 1.71. The average molecular weight is 319 g/mol. The lowest BCUT2D eigenvalue weighted by Crippen LogP contribution is -2.24. The van der Waals surface area contributed by atoms with Gasteiger partial charge in [-0.3, -0.25) is 0 Å². The zero-order valence-corrected chi connectivity index (χ0v) is 14.1. The molecule has 1 rings (SSSR count). The number of hydrogen-bond donors (Lipinski definition) is 2. The fraction of sp³-hybridized carbons (Fsp3) is 0.692. The first-order valence-corrected chi connectivity index (χ1v) is 9.67. The smallest absolute Gasteiger partial charge is 0.242 e. The van der Waals surface area contributed by atoms with Crippen molar-refractivity contribution in [2.24, 2.45) is 7.05 Å². The monoisotopic (exact) mass is 319 g/mol. The molecule has 2 N–H and O–H groups in total. The number of sulfonamides is 1. The Morgan fingerprint density at radius 3 is 2.70 bits per heavy atom. The fourth-order valence-corrected chi connectivity index (χ4v) is 3.58. The van der Waals surface area contributed by atoms with Gasteiger partial charge in [-0.2, -0.15) is 11.8 Å². The molecule has 0 aliphatic rings. The van der Waals surface area contributed by atoms with Crippen LogP contribution in [0, 0.1) is 0 Å². The third-order valence-corrected chi connectivity index (χ3v) is 5.19. The van der Waals surface area contributed by atoms with Gasteiger partial charge in [0.1, 0.15) is 0 Å². The molecule has 0 spiro atoms. The van der Waals surface area contributed by atoms with Gasteiger partial charge in [-0.25, -0.2) is 13.1 Å². The Labute approximate surface area is 126 Å². The molecule has 116 valence electrons. The molecule has 1 aromatic heterocycles. The normalized spacial score (nSPS) is 11.9. The Kier molecular flexibility index (Phi) is 7.65. The summed E-state index contributed by atoms with van der Waals surface area (Å²) in [5, 5.41) is 3.02. The summed E-state index contributed by atoms with van der Waals surface area (Å²) in [4.78, 5) is 0.342. The van der Waals surface area contributed by atoms with E-state index in [1.807, 2.05) is 30.4 Å². The van der Waals surface area contributed by atoms with Gasteiger partial charge < -0.3 is 9.88 Å². The zero-order chi connectivity index (χ0) is 15.0. The highest BCUT2D eigenvalue weighted by Gasteiger charge is 2.16. The highest BCUT2D eigenvalue weighted by Crippen LogP contribution is 2.13. The second kappa shape index (κ2) is 8.71. The molecule has 0 atom stereocenters. The summed E-state index contributed by atoms with van der Waals surface area (Å²) in [6.07, 6.45) is 6.82. The van der Waals surface area contributed by atoms with Crippen molar-refractivity contribution in [2.45, 2.75) is 30.7 Å². The van der Waals surface area contributed by atoms with Gasteiger partial charge in [0.2, 0.25) is 10.0 Å². The Morgan fingerprint density at radius 2 is 2.05 bits per heavy atom. The number of nitrogens with zero attached hydrogens (tertiary/aromatic N) is 1. The first kappa shape index (κ1) is 17.6. The Balaban J connectivity index is 2.49. The van der Waals surface area contributed by atoms with Crippen LogP contribution in [0.4, 0.5) is 0 Å². The average Bonchev–Trinajstić information content (AvgIpc) is 2.77. The van der Waals surface area contributed by atoms with Gasteiger partial charge in [-0.05, 0) is 38.0 Å². The lowest BCUT2D eigenvalue weighted by Gasteiger charge is -2.04. The van der Waals surface area contributed by atoms with Crippen molar-refractivity contribution in [3.05, 3.63) is 18.0 Å². The van der Waals surface area contributed by atoms with Crippen molar-refractivity contribution in [1.82, 2.24) is 14.6 Å². The van der Waals surface area contributed by atoms with Crippen LogP contribution in [0.15, 0.2) is 17.2 Å². The van der Waals surface area contributed by atoms with Crippen LogP contribution < -0.4 is 10.0 Å². The predicted molar refractivity (Wildman–Crippen MR) is 85.6 cm³/mol. The first-order valence-electron chi connectivity index (χ1n) is 6.79. The topological polar surface area (TPSA) is 63.1 Å². The summed E-state index contributed by atoms with van der Waals surface area (Å²) in [7, 11) is 0.320. The van der Waals surface area contributed by atoms with E-state index in [4.69, 9.17) is 0 Å². The molecule has 0 saturated carbocycles. The third kappa shape index (κ3) is 5.47. The van der Waals surface area contributed by atoms with Crippen molar-refractivity contribution in [3.63, 3.8) is 0 Å². The van der Waals surface area contributed by atoms with Crippen molar-refractivity contribution in [3.8, 4) is 0 Å². The van der Waals surface area contributed by atoms with Gasteiger partial charge >= 0.3 is 0 Å². The summed E-state index contributed by atoms with van der Waals surface area (Å²) < 4.78 is 28.8. The van der Waals surface area contributed by atoms with Gasteiger partial charge in [0.05, 0.1) is 4.90 Å². The lowest BCUT2D eigenvalue weighted by atomic mass is 10.2. The maximum atomic E-state index is 12.1. The van der Waals surface area contributed by atoms with E-state index in [9.17, 15) is 8.42 Å². The van der Waals surface area contributed by atoms with Crippen LogP contribution in [0.2, 0.25) is 0 Å². The summed E-state index contributed by atoms with van der Waals surface area (Å²) >= 11 is 1.82. The molecule has 1 heterocycles. The van der Waals surface area contributed by atoms with E-state index in [0.29, 0.717) is 18.0 Å². The molecule has 5 nitrogen and oxygen atoms in total. The van der Waals surface area contributed by atoms with Crippen LogP contribution in [0.3, 0.4) is 0 Å². The Hall–Kier alpha value is -0.500. The molecule has 1 aromatic rings. The largest absolute Gasteiger partial charge is 0.352 e. The van der Waals surface area contributed by atoms with Crippen molar-refractivity contribution < 1.29 is 8.42 Å². The molecular formula is C13H25N3O2S2. The number of unbranched alkanes of at least 4 members (excludes halogenated alkanes) is 2. The van der Waals surface area contributed by atoms with Crippen LogP contribution in [0.5, 0.6) is 0 Å². The number of aryl methyl sites for hydroxylation is 1. The van der Waals surface area contributed by atoms with Crippen LogP contribution in [-0.2, 0) is 23.6 Å². The lowest BCUT2D eigenvalue weighted by molar-refractivity contribution is 0.576. The predicted octanol–water partition coefficient (Wildman–Crippen LogP) is 1.56. The van der Waals surface area contributed by atoms with Crippen molar-refractivity contribution >= 4 is 21.8 Å². The van der Waals surface area contributed by atoms with Crippen LogP contribution in [0.1, 0.15) is 25.0 Å². The maximum Gasteiger partial charge on any atom is 0.242 e. The van der Waals surface area contributed by atoms with Crippen LogP contribution in [-0.4, -0.2) is 38.6 Å². The number of nitrogens with one attached hydrogen (secondary N) is 2. The molecular weight excluding hydrogens is 294 g/mol. The number of rotatable bonds is 10. The van der Waals surface area contributed by atoms with E-state index >= 15 is 0 Å². The molecule has 0 aliphatic heterocycles. The minimum absolute atomic E-state index is 0.342. The molecule has 0 aliphatic carbocycles. The van der Waals surface area contributed by atoms with Gasteiger partial charge in [0.15, 0.2) is 0 Å². The number of aromatic nitrogens is 1.